The molecule has 0 fully saturated rings. The number of hydrogen-bond acceptors (Lipinski definition) is 3. The SMILES string of the molecule is O=S(=O)(Nc1ccc2[nH]ccc2c1)c1ccc(OC(F)(F)F)cc1. The second-order valence-corrected chi connectivity index (χ2v) is 6.59. The molecule has 0 saturated carbocycles. The summed E-state index contributed by atoms with van der Waals surface area (Å²) in [5.41, 5.74) is 1.20. The minimum atomic E-state index is -4.83. The standard InChI is InChI=1S/C15H11F3N2O3S/c16-15(17,18)23-12-2-4-13(5-3-12)24(21,22)20-11-1-6-14-10(9-11)7-8-19-14/h1-9,19-20H. The van der Waals surface area contributed by atoms with Crippen molar-refractivity contribution in [3.8, 4) is 5.75 Å². The Labute approximate surface area is 135 Å². The molecule has 3 aromatic rings. The number of benzene rings is 2. The van der Waals surface area contributed by atoms with E-state index in [9.17, 15) is 21.6 Å². The Hall–Kier alpha value is -2.68. The summed E-state index contributed by atoms with van der Waals surface area (Å²) in [6.45, 7) is 0. The number of hydrogen-bond donors (Lipinski definition) is 2. The van der Waals surface area contributed by atoms with Crippen molar-refractivity contribution in [2.24, 2.45) is 0 Å². The number of aromatic nitrogens is 1. The lowest BCUT2D eigenvalue weighted by atomic mass is 10.2. The van der Waals surface area contributed by atoms with E-state index in [0.29, 0.717) is 5.69 Å². The van der Waals surface area contributed by atoms with Crippen LogP contribution in [0.4, 0.5) is 18.9 Å². The summed E-state index contributed by atoms with van der Waals surface area (Å²) in [5.74, 6) is -0.491. The van der Waals surface area contributed by atoms with Gasteiger partial charge in [0.1, 0.15) is 5.75 Å². The third-order valence-electron chi connectivity index (χ3n) is 3.17. The van der Waals surface area contributed by atoms with Gasteiger partial charge in [0.05, 0.1) is 4.90 Å². The molecule has 0 aliphatic rings. The van der Waals surface area contributed by atoms with Crippen molar-refractivity contribution < 1.29 is 26.3 Å². The van der Waals surface area contributed by atoms with Crippen LogP contribution in [0.3, 0.4) is 0 Å². The number of halogens is 3. The topological polar surface area (TPSA) is 71.2 Å². The van der Waals surface area contributed by atoms with Crippen molar-refractivity contribution in [3.63, 3.8) is 0 Å². The number of rotatable bonds is 4. The Morgan fingerprint density at radius 3 is 2.38 bits per heavy atom. The van der Waals surface area contributed by atoms with Crippen molar-refractivity contribution >= 4 is 26.6 Å². The molecule has 0 bridgehead atoms. The van der Waals surface area contributed by atoms with E-state index >= 15 is 0 Å². The van der Waals surface area contributed by atoms with Gasteiger partial charge in [-0.15, -0.1) is 13.2 Å². The predicted molar refractivity (Wildman–Crippen MR) is 82.2 cm³/mol. The second kappa shape index (κ2) is 5.75. The lowest BCUT2D eigenvalue weighted by Gasteiger charge is -2.11. The van der Waals surface area contributed by atoms with Crippen molar-refractivity contribution in [2.75, 3.05) is 4.72 Å². The highest BCUT2D eigenvalue weighted by atomic mass is 32.2. The van der Waals surface area contributed by atoms with Crippen LogP contribution in [0.2, 0.25) is 0 Å². The fourth-order valence-electron chi connectivity index (χ4n) is 2.15. The molecule has 9 heteroatoms. The van der Waals surface area contributed by atoms with E-state index in [2.05, 4.69) is 14.4 Å². The third kappa shape index (κ3) is 3.62. The van der Waals surface area contributed by atoms with Crippen LogP contribution in [0, 0.1) is 0 Å². The normalized spacial score (nSPS) is 12.3. The van der Waals surface area contributed by atoms with Gasteiger partial charge >= 0.3 is 6.36 Å². The Kier molecular flexibility index (Phi) is 3.88. The lowest BCUT2D eigenvalue weighted by molar-refractivity contribution is -0.274. The second-order valence-electron chi connectivity index (χ2n) is 4.90. The Morgan fingerprint density at radius 2 is 1.71 bits per heavy atom. The summed E-state index contributed by atoms with van der Waals surface area (Å²) in [6, 6.07) is 10.7. The Bertz CT molecular complexity index is 964. The predicted octanol–water partition coefficient (Wildman–Crippen LogP) is 3.87. The van der Waals surface area contributed by atoms with E-state index in [-0.39, 0.29) is 4.90 Å². The van der Waals surface area contributed by atoms with Gasteiger partial charge in [-0.2, -0.15) is 0 Å². The van der Waals surface area contributed by atoms with Crippen LogP contribution in [0.15, 0.2) is 59.6 Å². The highest BCUT2D eigenvalue weighted by Crippen LogP contribution is 2.25. The average molecular weight is 356 g/mol. The van der Waals surface area contributed by atoms with Gasteiger partial charge in [0.2, 0.25) is 0 Å². The summed E-state index contributed by atoms with van der Waals surface area (Å²) in [4.78, 5) is 2.81. The Morgan fingerprint density at radius 1 is 1.00 bits per heavy atom. The number of sulfonamides is 1. The number of H-pyrrole nitrogens is 1. The number of aromatic amines is 1. The average Bonchev–Trinajstić information content (AvgIpc) is 2.93. The zero-order valence-electron chi connectivity index (χ0n) is 12.0. The maximum atomic E-state index is 12.3. The van der Waals surface area contributed by atoms with Gasteiger partial charge < -0.3 is 9.72 Å². The van der Waals surface area contributed by atoms with E-state index < -0.39 is 22.1 Å². The van der Waals surface area contributed by atoms with Gasteiger partial charge in [-0.05, 0) is 48.5 Å². The molecule has 0 aliphatic carbocycles. The molecule has 0 amide bonds. The summed E-state index contributed by atoms with van der Waals surface area (Å²) in [5, 5.41) is 0.823. The van der Waals surface area contributed by atoms with E-state index in [0.717, 1.165) is 35.2 Å². The molecule has 0 atom stereocenters. The first-order chi connectivity index (χ1) is 11.2. The first-order valence-electron chi connectivity index (χ1n) is 6.69. The van der Waals surface area contributed by atoms with Crippen LogP contribution in [0.5, 0.6) is 5.75 Å². The van der Waals surface area contributed by atoms with E-state index in [1.807, 2.05) is 0 Å². The van der Waals surface area contributed by atoms with Crippen LogP contribution >= 0.6 is 0 Å². The van der Waals surface area contributed by atoms with Gasteiger partial charge in [-0.1, -0.05) is 0 Å². The fraction of sp³-hybridized carbons (Fsp3) is 0.0667. The quantitative estimate of drug-likeness (QED) is 0.745. The molecule has 0 spiro atoms. The Balaban J connectivity index is 1.81. The molecule has 0 saturated heterocycles. The maximum absolute atomic E-state index is 12.3. The first-order valence-corrected chi connectivity index (χ1v) is 8.17. The van der Waals surface area contributed by atoms with Crippen LogP contribution in [-0.2, 0) is 10.0 Å². The molecule has 1 heterocycles. The van der Waals surface area contributed by atoms with Crippen LogP contribution in [0.25, 0.3) is 10.9 Å². The highest BCUT2D eigenvalue weighted by Gasteiger charge is 2.31. The highest BCUT2D eigenvalue weighted by molar-refractivity contribution is 7.92. The van der Waals surface area contributed by atoms with Crippen LogP contribution < -0.4 is 9.46 Å². The van der Waals surface area contributed by atoms with Gasteiger partial charge in [-0.25, -0.2) is 8.42 Å². The smallest absolute Gasteiger partial charge is 0.406 e. The first kappa shape index (κ1) is 16.2. The summed E-state index contributed by atoms with van der Waals surface area (Å²) in [6.07, 6.45) is -3.10. The van der Waals surface area contributed by atoms with Gasteiger partial charge in [0.15, 0.2) is 0 Å². The lowest BCUT2D eigenvalue weighted by Crippen LogP contribution is -2.17. The van der Waals surface area contributed by atoms with Crippen molar-refractivity contribution in [3.05, 3.63) is 54.7 Å². The fourth-order valence-corrected chi connectivity index (χ4v) is 3.20. The molecule has 0 unspecified atom stereocenters. The molecule has 2 N–H and O–H groups in total. The van der Waals surface area contributed by atoms with Gasteiger partial charge in [-0.3, -0.25) is 4.72 Å². The summed E-state index contributed by atoms with van der Waals surface area (Å²) < 4.78 is 67.0. The number of fused-ring (bicyclic) bond motifs is 1. The van der Waals surface area contributed by atoms with Gasteiger partial charge in [0.25, 0.3) is 10.0 Å². The minimum Gasteiger partial charge on any atom is -0.406 e. The minimum absolute atomic E-state index is 0.175. The number of alkyl halides is 3. The van der Waals surface area contributed by atoms with Crippen molar-refractivity contribution in [1.29, 1.82) is 0 Å². The van der Waals surface area contributed by atoms with Crippen molar-refractivity contribution in [2.45, 2.75) is 11.3 Å². The molecule has 3 rings (SSSR count). The number of ether oxygens (including phenoxy) is 1. The maximum Gasteiger partial charge on any atom is 0.573 e. The molecule has 1 aromatic heterocycles. The summed E-state index contributed by atoms with van der Waals surface area (Å²) >= 11 is 0. The molecule has 0 radical (unpaired) electrons. The third-order valence-corrected chi connectivity index (χ3v) is 4.57. The van der Waals surface area contributed by atoms with E-state index in [4.69, 9.17) is 0 Å². The van der Waals surface area contributed by atoms with Gasteiger partial charge in [0, 0.05) is 22.8 Å². The van der Waals surface area contributed by atoms with Crippen LogP contribution in [0.1, 0.15) is 0 Å². The van der Waals surface area contributed by atoms with Crippen molar-refractivity contribution in [1.82, 2.24) is 4.98 Å². The van der Waals surface area contributed by atoms with E-state index in [1.54, 1.807) is 30.5 Å². The van der Waals surface area contributed by atoms with Crippen LogP contribution in [-0.4, -0.2) is 19.8 Å². The number of anilines is 1. The molecule has 5 nitrogen and oxygen atoms in total. The molecule has 24 heavy (non-hydrogen) atoms. The molecular formula is C15H11F3N2O3S. The van der Waals surface area contributed by atoms with E-state index in [1.165, 1.54) is 0 Å². The molecule has 126 valence electrons. The zero-order chi connectivity index (χ0) is 17.4. The zero-order valence-corrected chi connectivity index (χ0v) is 12.8. The molecule has 2 aromatic carbocycles. The molecular weight excluding hydrogens is 345 g/mol. The number of nitrogens with one attached hydrogen (secondary N) is 2. The summed E-state index contributed by atoms with van der Waals surface area (Å²) in [7, 11) is -3.92. The monoisotopic (exact) mass is 356 g/mol. The molecule has 0 aliphatic heterocycles. The largest absolute Gasteiger partial charge is 0.573 e.